The molecule has 11 heavy (non-hydrogen) atoms. The Morgan fingerprint density at radius 2 is 1.45 bits per heavy atom. The van der Waals surface area contributed by atoms with Crippen LogP contribution in [0.4, 0.5) is 5.69 Å². The molecule has 2 N–H and O–H groups in total. The first-order chi connectivity index (χ1) is 5.31. The van der Waals surface area contributed by atoms with Crippen molar-refractivity contribution in [2.75, 3.05) is 5.73 Å². The number of allylic oxidation sites excluding steroid dienone is 2. The van der Waals surface area contributed by atoms with Gasteiger partial charge in [-0.15, -0.1) is 0 Å². The highest BCUT2D eigenvalue weighted by molar-refractivity contribution is 5.35. The minimum absolute atomic E-state index is 0.822. The fraction of sp³-hybridized carbons (Fsp3) is 0. The van der Waals surface area contributed by atoms with Gasteiger partial charge in [-0.3, -0.25) is 0 Å². The summed E-state index contributed by atoms with van der Waals surface area (Å²) in [6, 6.07) is 9.49. The Morgan fingerprint density at radius 1 is 1.00 bits per heavy atom. The van der Waals surface area contributed by atoms with Crippen LogP contribution in [-0.4, -0.2) is 0 Å². The Bertz CT molecular complexity index is 195. The van der Waals surface area contributed by atoms with Crippen LogP contribution in [0.1, 0.15) is 0 Å². The molecule has 0 bridgehead atoms. The maximum atomic E-state index is 5.36. The van der Waals surface area contributed by atoms with Gasteiger partial charge in [-0.05, 0) is 12.1 Å². The highest BCUT2D eigenvalue weighted by Gasteiger charge is 1.72. The summed E-state index contributed by atoms with van der Waals surface area (Å²) in [5.74, 6) is 0. The van der Waals surface area contributed by atoms with Crippen molar-refractivity contribution in [1.29, 1.82) is 0 Å². The Labute approximate surface area is 67.9 Å². The number of benzene rings is 1. The zero-order valence-electron chi connectivity index (χ0n) is 6.53. The summed E-state index contributed by atoms with van der Waals surface area (Å²) in [5, 5.41) is 0. The molecule has 0 saturated heterocycles. The van der Waals surface area contributed by atoms with Crippen molar-refractivity contribution >= 4 is 5.69 Å². The SMILES string of the molecule is C=CC=C.Nc1ccccc1. The lowest BCUT2D eigenvalue weighted by Crippen LogP contribution is -1.79. The smallest absolute Gasteiger partial charge is 0.0313 e. The van der Waals surface area contributed by atoms with Gasteiger partial charge in [0.15, 0.2) is 0 Å². The average molecular weight is 147 g/mol. The van der Waals surface area contributed by atoms with Gasteiger partial charge in [0.2, 0.25) is 0 Å². The summed E-state index contributed by atoms with van der Waals surface area (Å²) in [7, 11) is 0. The van der Waals surface area contributed by atoms with E-state index < -0.39 is 0 Å². The molecule has 0 heterocycles. The molecule has 1 nitrogen and oxygen atoms in total. The van der Waals surface area contributed by atoms with Crippen LogP contribution in [-0.2, 0) is 0 Å². The predicted molar refractivity (Wildman–Crippen MR) is 51.2 cm³/mol. The maximum Gasteiger partial charge on any atom is 0.0313 e. The molecule has 0 unspecified atom stereocenters. The van der Waals surface area contributed by atoms with Crippen molar-refractivity contribution in [1.82, 2.24) is 0 Å². The van der Waals surface area contributed by atoms with Crippen molar-refractivity contribution in [3.8, 4) is 0 Å². The van der Waals surface area contributed by atoms with Gasteiger partial charge in [0.05, 0.1) is 0 Å². The second-order valence-corrected chi connectivity index (χ2v) is 1.88. The molecule has 0 aliphatic carbocycles. The van der Waals surface area contributed by atoms with E-state index in [1.54, 1.807) is 12.2 Å². The summed E-state index contributed by atoms with van der Waals surface area (Å²) in [4.78, 5) is 0. The van der Waals surface area contributed by atoms with Crippen molar-refractivity contribution in [2.24, 2.45) is 0 Å². The van der Waals surface area contributed by atoms with Gasteiger partial charge in [-0.2, -0.15) is 0 Å². The summed E-state index contributed by atoms with van der Waals surface area (Å²) in [6.07, 6.45) is 3.28. The van der Waals surface area contributed by atoms with Crippen LogP contribution in [0.3, 0.4) is 0 Å². The molecule has 0 aliphatic rings. The van der Waals surface area contributed by atoms with Crippen LogP contribution >= 0.6 is 0 Å². The number of hydrogen-bond donors (Lipinski definition) is 1. The van der Waals surface area contributed by atoms with E-state index in [9.17, 15) is 0 Å². The van der Waals surface area contributed by atoms with Crippen molar-refractivity contribution < 1.29 is 0 Å². The molecular weight excluding hydrogens is 134 g/mol. The van der Waals surface area contributed by atoms with Crippen LogP contribution < -0.4 is 5.73 Å². The van der Waals surface area contributed by atoms with E-state index in [-0.39, 0.29) is 0 Å². The molecule has 1 heteroatoms. The maximum absolute atomic E-state index is 5.36. The molecule has 0 spiro atoms. The number of rotatable bonds is 1. The summed E-state index contributed by atoms with van der Waals surface area (Å²) >= 11 is 0. The first kappa shape index (κ1) is 9.50. The molecule has 58 valence electrons. The lowest BCUT2D eigenvalue weighted by Gasteiger charge is -1.83. The zero-order valence-corrected chi connectivity index (χ0v) is 6.53. The minimum atomic E-state index is 0.822. The van der Waals surface area contributed by atoms with Crippen molar-refractivity contribution in [3.05, 3.63) is 55.6 Å². The zero-order chi connectivity index (χ0) is 8.53. The third-order valence-electron chi connectivity index (χ3n) is 0.966. The molecular formula is C10H13N. The van der Waals surface area contributed by atoms with Gasteiger partial charge in [0.1, 0.15) is 0 Å². The molecule has 1 rings (SSSR count). The monoisotopic (exact) mass is 147 g/mol. The molecule has 1 aromatic rings. The van der Waals surface area contributed by atoms with E-state index in [0.29, 0.717) is 0 Å². The predicted octanol–water partition coefficient (Wildman–Crippen LogP) is 2.63. The molecule has 0 amide bonds. The second kappa shape index (κ2) is 6.62. The van der Waals surface area contributed by atoms with Gasteiger partial charge in [0.25, 0.3) is 0 Å². The van der Waals surface area contributed by atoms with E-state index in [4.69, 9.17) is 5.73 Å². The Kier molecular flexibility index (Phi) is 5.72. The molecule has 0 radical (unpaired) electrons. The third kappa shape index (κ3) is 6.38. The van der Waals surface area contributed by atoms with E-state index >= 15 is 0 Å². The Balaban J connectivity index is 0.000000218. The van der Waals surface area contributed by atoms with Crippen molar-refractivity contribution in [3.63, 3.8) is 0 Å². The number of hydrogen-bond acceptors (Lipinski definition) is 1. The first-order valence-electron chi connectivity index (χ1n) is 3.35. The van der Waals surface area contributed by atoms with Crippen LogP contribution in [0.25, 0.3) is 0 Å². The Hall–Kier alpha value is -1.50. The molecule has 0 aliphatic heterocycles. The number of nitrogen functional groups attached to an aromatic ring is 1. The van der Waals surface area contributed by atoms with E-state index in [0.717, 1.165) is 5.69 Å². The van der Waals surface area contributed by atoms with Gasteiger partial charge in [-0.25, -0.2) is 0 Å². The average Bonchev–Trinajstić information content (AvgIpc) is 2.07. The van der Waals surface area contributed by atoms with Crippen LogP contribution in [0.2, 0.25) is 0 Å². The first-order valence-corrected chi connectivity index (χ1v) is 3.35. The van der Waals surface area contributed by atoms with E-state index in [1.807, 2.05) is 30.3 Å². The van der Waals surface area contributed by atoms with Gasteiger partial charge in [-0.1, -0.05) is 43.5 Å². The topological polar surface area (TPSA) is 26.0 Å². The van der Waals surface area contributed by atoms with Crippen LogP contribution in [0.5, 0.6) is 0 Å². The molecule has 0 fully saturated rings. The highest BCUT2D eigenvalue weighted by atomic mass is 14.5. The lowest BCUT2D eigenvalue weighted by atomic mass is 10.3. The van der Waals surface area contributed by atoms with E-state index in [1.165, 1.54) is 0 Å². The largest absolute Gasteiger partial charge is 0.399 e. The normalized spacial score (nSPS) is 7.27. The van der Waals surface area contributed by atoms with Gasteiger partial charge < -0.3 is 5.73 Å². The minimum Gasteiger partial charge on any atom is -0.399 e. The molecule has 0 aromatic heterocycles. The lowest BCUT2D eigenvalue weighted by molar-refractivity contribution is 1.69. The quantitative estimate of drug-likeness (QED) is 0.479. The van der Waals surface area contributed by atoms with Crippen LogP contribution in [0, 0.1) is 0 Å². The summed E-state index contributed by atoms with van der Waals surface area (Å²) < 4.78 is 0. The molecule has 1 aromatic carbocycles. The van der Waals surface area contributed by atoms with Crippen LogP contribution in [0.15, 0.2) is 55.6 Å². The summed E-state index contributed by atoms with van der Waals surface area (Å²) in [6.45, 7) is 6.72. The number of para-hydroxylation sites is 1. The van der Waals surface area contributed by atoms with E-state index in [2.05, 4.69) is 13.2 Å². The molecule has 0 saturated carbocycles. The highest BCUT2D eigenvalue weighted by Crippen LogP contribution is 1.95. The molecule has 0 atom stereocenters. The summed E-state index contributed by atoms with van der Waals surface area (Å²) in [5.41, 5.74) is 6.18. The fourth-order valence-electron chi connectivity index (χ4n) is 0.453. The fourth-order valence-corrected chi connectivity index (χ4v) is 0.453. The standard InChI is InChI=1S/C6H7N.C4H6/c7-6-4-2-1-3-5-6;1-3-4-2/h1-5H,7H2;3-4H,1-2H2. The Morgan fingerprint density at radius 3 is 1.64 bits per heavy atom. The number of anilines is 1. The second-order valence-electron chi connectivity index (χ2n) is 1.88. The number of nitrogens with two attached hydrogens (primary N) is 1. The van der Waals surface area contributed by atoms with Crippen molar-refractivity contribution in [2.45, 2.75) is 0 Å². The van der Waals surface area contributed by atoms with Gasteiger partial charge in [0, 0.05) is 5.69 Å². The third-order valence-corrected chi connectivity index (χ3v) is 0.966. The van der Waals surface area contributed by atoms with Gasteiger partial charge >= 0.3 is 0 Å².